The van der Waals surface area contributed by atoms with E-state index in [2.05, 4.69) is 41.5 Å². The van der Waals surface area contributed by atoms with Crippen LogP contribution in [0.2, 0.25) is 0 Å². The Balaban J connectivity index is 1.76. The fourth-order valence-corrected chi connectivity index (χ4v) is 4.40. The van der Waals surface area contributed by atoms with Crippen molar-refractivity contribution in [3.8, 4) is 6.07 Å². The van der Waals surface area contributed by atoms with Crippen molar-refractivity contribution in [1.82, 2.24) is 4.57 Å². The third kappa shape index (κ3) is 2.00. The second-order valence-corrected chi connectivity index (χ2v) is 6.92. The Morgan fingerprint density at radius 3 is 2.91 bits per heavy atom. The second-order valence-electron chi connectivity index (χ2n) is 6.42. The molecule has 2 unspecified atom stereocenters. The highest BCUT2D eigenvalue weighted by Gasteiger charge is 2.45. The molecule has 1 aliphatic heterocycles. The number of hydrogen-bond acceptors (Lipinski definition) is 3. The van der Waals surface area contributed by atoms with E-state index in [1.807, 2.05) is 23.7 Å². The third-order valence-electron chi connectivity index (χ3n) is 5.29. The molecule has 2 aliphatic rings. The highest BCUT2D eigenvalue weighted by Crippen LogP contribution is 2.49. The van der Waals surface area contributed by atoms with Gasteiger partial charge in [-0.3, -0.25) is 4.99 Å². The van der Waals surface area contributed by atoms with Crippen LogP contribution in [0.3, 0.4) is 0 Å². The van der Waals surface area contributed by atoms with Gasteiger partial charge in [-0.2, -0.15) is 5.26 Å². The average molecular weight is 319 g/mol. The molecule has 0 saturated heterocycles. The maximum atomic E-state index is 9.19. The molecule has 2 aromatic rings. The number of rotatable bonds is 1. The first kappa shape index (κ1) is 14.3. The van der Waals surface area contributed by atoms with Gasteiger partial charge in [-0.05, 0) is 43.0 Å². The first-order valence-electron chi connectivity index (χ1n) is 7.89. The second kappa shape index (κ2) is 5.14. The Morgan fingerprint density at radius 2 is 2.13 bits per heavy atom. The number of benzene rings is 1. The Hall–Kier alpha value is -2.25. The van der Waals surface area contributed by atoms with Crippen molar-refractivity contribution in [2.45, 2.75) is 30.6 Å². The van der Waals surface area contributed by atoms with Crippen LogP contribution in [0.1, 0.15) is 42.1 Å². The van der Waals surface area contributed by atoms with Gasteiger partial charge in [-0.1, -0.05) is 30.4 Å². The minimum absolute atomic E-state index is 0.216. The summed E-state index contributed by atoms with van der Waals surface area (Å²) in [4.78, 5) is 5.72. The minimum Gasteiger partial charge on any atom is -0.339 e. The van der Waals surface area contributed by atoms with Crippen LogP contribution in [0.4, 0.5) is 5.69 Å². The van der Waals surface area contributed by atoms with Gasteiger partial charge in [-0.25, -0.2) is 0 Å². The lowest BCUT2D eigenvalue weighted by Crippen LogP contribution is -2.40. The summed E-state index contributed by atoms with van der Waals surface area (Å²) in [6.45, 7) is 0. The van der Waals surface area contributed by atoms with E-state index >= 15 is 0 Å². The summed E-state index contributed by atoms with van der Waals surface area (Å²) in [5.74, 6) is 0.395. The number of thiocarbonyl (C=S) groups is 1. The number of nitriles is 1. The van der Waals surface area contributed by atoms with Crippen LogP contribution in [0.25, 0.3) is 0 Å². The van der Waals surface area contributed by atoms with Gasteiger partial charge in [0.1, 0.15) is 11.8 Å². The van der Waals surface area contributed by atoms with Gasteiger partial charge < -0.3 is 4.57 Å². The SMILES string of the molecule is Cn1c(C#N)ccc1C1CCC(=S)C2(C=Nc3ccccc32)C1. The summed E-state index contributed by atoms with van der Waals surface area (Å²) in [7, 11) is 1.98. The molecule has 2 heterocycles. The molecule has 2 atom stereocenters. The third-order valence-corrected chi connectivity index (χ3v) is 5.86. The summed E-state index contributed by atoms with van der Waals surface area (Å²) in [6, 6.07) is 14.6. The van der Waals surface area contributed by atoms with Crippen LogP contribution < -0.4 is 0 Å². The van der Waals surface area contributed by atoms with E-state index in [4.69, 9.17) is 12.2 Å². The smallest absolute Gasteiger partial charge is 0.120 e. The fraction of sp³-hybridized carbons (Fsp3) is 0.316. The topological polar surface area (TPSA) is 41.1 Å². The van der Waals surface area contributed by atoms with Gasteiger partial charge in [0.2, 0.25) is 0 Å². The van der Waals surface area contributed by atoms with Crippen molar-refractivity contribution in [2.24, 2.45) is 12.0 Å². The Kier molecular flexibility index (Phi) is 3.21. The lowest BCUT2D eigenvalue weighted by atomic mass is 9.66. The molecular formula is C19H17N3S. The van der Waals surface area contributed by atoms with E-state index in [1.54, 1.807) is 0 Å². The standard InChI is InChI=1S/C19H17N3S/c1-22-14(11-20)7-8-17(22)13-6-9-18(23)19(10-13)12-21-16-5-3-2-4-15(16)19/h2-5,7-8,12-13H,6,9-10H2,1H3. The number of aromatic nitrogens is 1. The Morgan fingerprint density at radius 1 is 1.30 bits per heavy atom. The summed E-state index contributed by atoms with van der Waals surface area (Å²) >= 11 is 5.77. The monoisotopic (exact) mass is 319 g/mol. The zero-order valence-corrected chi connectivity index (χ0v) is 13.8. The van der Waals surface area contributed by atoms with Crippen LogP contribution in [0.5, 0.6) is 0 Å². The van der Waals surface area contributed by atoms with E-state index in [0.29, 0.717) is 11.6 Å². The quantitative estimate of drug-likeness (QED) is 0.740. The molecule has 23 heavy (non-hydrogen) atoms. The summed E-state index contributed by atoms with van der Waals surface area (Å²) < 4.78 is 2.02. The molecule has 3 nitrogen and oxygen atoms in total. The van der Waals surface area contributed by atoms with Crippen molar-refractivity contribution in [1.29, 1.82) is 5.26 Å². The first-order valence-corrected chi connectivity index (χ1v) is 8.30. The molecule has 0 N–H and O–H groups in total. The number of para-hydroxylation sites is 1. The summed E-state index contributed by atoms with van der Waals surface area (Å²) in [5.41, 5.74) is 4.00. The molecule has 1 aliphatic carbocycles. The number of fused-ring (bicyclic) bond motifs is 2. The molecule has 4 heteroatoms. The van der Waals surface area contributed by atoms with Crippen LogP contribution in [0, 0.1) is 11.3 Å². The number of nitrogens with zero attached hydrogens (tertiary/aromatic N) is 3. The maximum absolute atomic E-state index is 9.19. The number of aliphatic imine (C=N–C) groups is 1. The summed E-state index contributed by atoms with van der Waals surface area (Å²) in [5, 5.41) is 9.19. The Labute approximate surface area is 141 Å². The molecule has 4 rings (SSSR count). The zero-order valence-electron chi connectivity index (χ0n) is 13.0. The van der Waals surface area contributed by atoms with E-state index in [-0.39, 0.29) is 5.41 Å². The van der Waals surface area contributed by atoms with Crippen LogP contribution in [0.15, 0.2) is 41.4 Å². The highest BCUT2D eigenvalue weighted by atomic mass is 32.1. The minimum atomic E-state index is -0.216. The molecule has 1 aromatic carbocycles. The fourth-order valence-electron chi connectivity index (χ4n) is 4.03. The van der Waals surface area contributed by atoms with Crippen molar-refractivity contribution in [2.75, 3.05) is 0 Å². The van der Waals surface area contributed by atoms with Gasteiger partial charge in [0.25, 0.3) is 0 Å². The van der Waals surface area contributed by atoms with Crippen molar-refractivity contribution < 1.29 is 0 Å². The first-order chi connectivity index (χ1) is 11.2. The van der Waals surface area contributed by atoms with E-state index in [9.17, 15) is 5.26 Å². The molecule has 1 saturated carbocycles. The van der Waals surface area contributed by atoms with Crippen LogP contribution in [-0.2, 0) is 12.5 Å². The zero-order chi connectivity index (χ0) is 16.0. The molecule has 0 bridgehead atoms. The normalized spacial score (nSPS) is 25.6. The lowest BCUT2D eigenvalue weighted by molar-refractivity contribution is 0.478. The van der Waals surface area contributed by atoms with Crippen molar-refractivity contribution in [3.63, 3.8) is 0 Å². The van der Waals surface area contributed by atoms with Gasteiger partial charge >= 0.3 is 0 Å². The molecule has 0 radical (unpaired) electrons. The van der Waals surface area contributed by atoms with Gasteiger partial charge in [0, 0.05) is 29.7 Å². The van der Waals surface area contributed by atoms with Gasteiger partial charge in [-0.15, -0.1) is 0 Å². The van der Waals surface area contributed by atoms with E-state index in [1.165, 1.54) is 11.3 Å². The van der Waals surface area contributed by atoms with Crippen molar-refractivity contribution in [3.05, 3.63) is 53.3 Å². The lowest BCUT2D eigenvalue weighted by Gasteiger charge is -2.38. The molecule has 0 amide bonds. The molecule has 1 aromatic heterocycles. The highest BCUT2D eigenvalue weighted by molar-refractivity contribution is 7.80. The molecular weight excluding hydrogens is 302 g/mol. The van der Waals surface area contributed by atoms with Gasteiger partial charge in [0.05, 0.1) is 11.1 Å². The Bertz CT molecular complexity index is 871. The molecule has 1 fully saturated rings. The predicted octanol–water partition coefficient (Wildman–Crippen LogP) is 4.19. The average Bonchev–Trinajstić information content (AvgIpc) is 3.12. The van der Waals surface area contributed by atoms with E-state index < -0.39 is 0 Å². The molecule has 1 spiro atoms. The maximum Gasteiger partial charge on any atom is 0.120 e. The van der Waals surface area contributed by atoms with Crippen LogP contribution in [-0.4, -0.2) is 15.6 Å². The predicted molar refractivity (Wildman–Crippen MR) is 95.6 cm³/mol. The van der Waals surface area contributed by atoms with Crippen molar-refractivity contribution >= 4 is 29.0 Å². The largest absolute Gasteiger partial charge is 0.339 e. The summed E-state index contributed by atoms with van der Waals surface area (Å²) in [6.07, 6.45) is 4.96. The van der Waals surface area contributed by atoms with Crippen LogP contribution >= 0.6 is 12.2 Å². The van der Waals surface area contributed by atoms with E-state index in [0.717, 1.165) is 29.8 Å². The van der Waals surface area contributed by atoms with Gasteiger partial charge in [0.15, 0.2) is 0 Å². The molecule has 114 valence electrons. The number of hydrogen-bond donors (Lipinski definition) is 0.